The molecule has 0 spiro atoms. The van der Waals surface area contributed by atoms with E-state index < -0.39 is 28.6 Å². The van der Waals surface area contributed by atoms with E-state index in [-0.39, 0.29) is 0 Å². The third kappa shape index (κ3) is 4.42. The molecule has 140 valence electrons. The van der Waals surface area contributed by atoms with Gasteiger partial charge in [-0.15, -0.1) is 0 Å². The number of amides is 1. The molecular weight excluding hydrogens is 404 g/mol. The topological polar surface area (TPSA) is 56.2 Å². The van der Waals surface area contributed by atoms with Crippen molar-refractivity contribution in [1.82, 2.24) is 9.78 Å². The number of hydrogen-bond acceptors (Lipinski definition) is 3. The normalized spacial score (nSPS) is 15.6. The van der Waals surface area contributed by atoms with Gasteiger partial charge in [-0.1, -0.05) is 52.5 Å². The van der Waals surface area contributed by atoms with Gasteiger partial charge >= 0.3 is 6.09 Å². The van der Waals surface area contributed by atoms with Gasteiger partial charge in [0.25, 0.3) is 0 Å². The molecule has 1 aromatic carbocycles. The molecule has 1 amide bonds. The summed E-state index contributed by atoms with van der Waals surface area (Å²) in [7, 11) is 0. The fraction of sp³-hybridized carbons (Fsp3) is 0.412. The number of nitrogens with zero attached hydrogens (tertiary/aromatic N) is 2. The maximum Gasteiger partial charge on any atom is 0.412 e. The number of aryl methyl sites for hydroxylation is 1. The lowest BCUT2D eigenvalue weighted by molar-refractivity contribution is 0.163. The first kappa shape index (κ1) is 19.3. The number of anilines is 1. The molecule has 0 saturated heterocycles. The number of carbonyl (C=O) groups excluding carboxylic acids is 1. The number of halogens is 4. The van der Waals surface area contributed by atoms with Gasteiger partial charge in [0.15, 0.2) is 0 Å². The van der Waals surface area contributed by atoms with Crippen LogP contribution in [0.3, 0.4) is 0 Å². The highest BCUT2D eigenvalue weighted by molar-refractivity contribution is 6.67. The summed E-state index contributed by atoms with van der Waals surface area (Å²) in [6, 6.07) is 9.22. The van der Waals surface area contributed by atoms with E-state index in [2.05, 4.69) is 10.4 Å². The molecule has 1 fully saturated rings. The summed E-state index contributed by atoms with van der Waals surface area (Å²) < 4.78 is 18.2. The van der Waals surface area contributed by atoms with Crippen LogP contribution in [0.25, 0.3) is 5.69 Å². The second-order valence-electron chi connectivity index (χ2n) is 6.39. The van der Waals surface area contributed by atoms with Gasteiger partial charge in [-0.3, -0.25) is 9.71 Å². The van der Waals surface area contributed by atoms with Crippen LogP contribution in [0, 0.1) is 6.92 Å². The minimum atomic E-state index is -1.70. The number of nitrogens with one attached hydrogen (secondary N) is 1. The molecule has 3 rings (SSSR count). The first-order valence-electron chi connectivity index (χ1n) is 7.96. The molecule has 0 radical (unpaired) electrons. The van der Waals surface area contributed by atoms with Crippen molar-refractivity contribution in [3.8, 4) is 5.69 Å². The second-order valence-corrected chi connectivity index (χ2v) is 8.91. The van der Waals surface area contributed by atoms with Gasteiger partial charge in [-0.2, -0.15) is 5.10 Å². The summed E-state index contributed by atoms with van der Waals surface area (Å²) in [4.78, 5) is 12.0. The Balaban J connectivity index is 1.87. The number of alkyl halides is 4. The van der Waals surface area contributed by atoms with E-state index in [1.54, 1.807) is 10.7 Å². The van der Waals surface area contributed by atoms with Crippen molar-refractivity contribution in [2.45, 2.75) is 29.0 Å². The molecule has 1 heterocycles. The van der Waals surface area contributed by atoms with E-state index >= 15 is 0 Å². The second kappa shape index (κ2) is 7.25. The molecule has 9 heteroatoms. The minimum Gasteiger partial charge on any atom is -0.445 e. The van der Waals surface area contributed by atoms with Crippen molar-refractivity contribution in [2.24, 2.45) is 0 Å². The summed E-state index contributed by atoms with van der Waals surface area (Å²) in [5.41, 5.74) is 1.85. The van der Waals surface area contributed by atoms with Crippen LogP contribution in [0.5, 0.6) is 0 Å². The Kier molecular flexibility index (Phi) is 5.37. The van der Waals surface area contributed by atoms with Gasteiger partial charge < -0.3 is 4.74 Å². The highest BCUT2D eigenvalue weighted by Gasteiger charge is 2.47. The predicted molar refractivity (Wildman–Crippen MR) is 100 cm³/mol. The Bertz CT molecular complexity index is 799. The van der Waals surface area contributed by atoms with E-state index in [0.29, 0.717) is 11.5 Å². The smallest absolute Gasteiger partial charge is 0.412 e. The summed E-state index contributed by atoms with van der Waals surface area (Å²) >= 11 is 16.7. The molecule has 1 saturated carbocycles. The largest absolute Gasteiger partial charge is 0.445 e. The van der Waals surface area contributed by atoms with Crippen LogP contribution in [0.15, 0.2) is 30.3 Å². The monoisotopic (exact) mass is 419 g/mol. The quantitative estimate of drug-likeness (QED) is 0.685. The first-order valence-corrected chi connectivity index (χ1v) is 9.10. The molecule has 0 bridgehead atoms. The SMILES string of the molecule is Cc1ccc(-n2nc(C3(CF)CC3)cc2NC(=O)OCC(Cl)(Cl)Cl)cc1. The molecule has 1 aliphatic carbocycles. The lowest BCUT2D eigenvalue weighted by atomic mass is 10.1. The van der Waals surface area contributed by atoms with Gasteiger partial charge in [-0.05, 0) is 31.9 Å². The molecule has 1 aliphatic rings. The van der Waals surface area contributed by atoms with Crippen LogP contribution in [-0.2, 0) is 10.2 Å². The number of ether oxygens (including phenoxy) is 1. The Morgan fingerprint density at radius 2 is 2.00 bits per heavy atom. The van der Waals surface area contributed by atoms with Crippen molar-refractivity contribution >= 4 is 46.7 Å². The molecular formula is C17H17Cl3FN3O2. The van der Waals surface area contributed by atoms with Crippen LogP contribution in [0.2, 0.25) is 0 Å². The van der Waals surface area contributed by atoms with Gasteiger partial charge in [0.05, 0.1) is 11.4 Å². The first-order chi connectivity index (χ1) is 12.2. The molecule has 0 atom stereocenters. The van der Waals surface area contributed by atoms with Crippen LogP contribution in [0.4, 0.5) is 15.0 Å². The average molecular weight is 421 g/mol. The van der Waals surface area contributed by atoms with Crippen LogP contribution >= 0.6 is 34.8 Å². The number of hydrogen-bond donors (Lipinski definition) is 1. The van der Waals surface area contributed by atoms with E-state index in [1.807, 2.05) is 31.2 Å². The van der Waals surface area contributed by atoms with Crippen molar-refractivity contribution in [3.63, 3.8) is 0 Å². The minimum absolute atomic E-state index is 0.359. The summed E-state index contributed by atoms with van der Waals surface area (Å²) in [5, 5.41) is 7.09. The highest BCUT2D eigenvalue weighted by atomic mass is 35.6. The van der Waals surface area contributed by atoms with E-state index in [0.717, 1.165) is 24.1 Å². The molecule has 0 aliphatic heterocycles. The molecule has 0 unspecified atom stereocenters. The summed E-state index contributed by atoms with van der Waals surface area (Å²) in [5.74, 6) is 0.359. The van der Waals surface area contributed by atoms with Crippen LogP contribution in [0.1, 0.15) is 24.1 Å². The van der Waals surface area contributed by atoms with Crippen molar-refractivity contribution in [1.29, 1.82) is 0 Å². The number of benzene rings is 1. The van der Waals surface area contributed by atoms with E-state index in [1.165, 1.54) is 0 Å². The Morgan fingerprint density at radius 3 is 2.54 bits per heavy atom. The van der Waals surface area contributed by atoms with Crippen LogP contribution < -0.4 is 5.32 Å². The van der Waals surface area contributed by atoms with Crippen molar-refractivity contribution < 1.29 is 13.9 Å². The van der Waals surface area contributed by atoms with Crippen LogP contribution in [-0.4, -0.2) is 32.9 Å². The zero-order valence-electron chi connectivity index (χ0n) is 13.9. The summed E-state index contributed by atoms with van der Waals surface area (Å²) in [6.45, 7) is 1.08. The van der Waals surface area contributed by atoms with E-state index in [9.17, 15) is 9.18 Å². The third-order valence-electron chi connectivity index (χ3n) is 4.24. The lowest BCUT2D eigenvalue weighted by Gasteiger charge is -2.13. The molecule has 2 aromatic rings. The Hall–Kier alpha value is -1.50. The standard InChI is InChI=1S/C17H17Cl3FN3O2/c1-11-2-4-12(5-3-11)24-14(22-15(25)26-10-17(18,19)20)8-13(23-24)16(9-21)6-7-16/h2-5,8H,6-7,9-10H2,1H3,(H,22,25). The van der Waals surface area contributed by atoms with Gasteiger partial charge in [0.2, 0.25) is 3.79 Å². The fourth-order valence-corrected chi connectivity index (χ4v) is 2.67. The van der Waals surface area contributed by atoms with Crippen molar-refractivity contribution in [2.75, 3.05) is 18.6 Å². The Morgan fingerprint density at radius 1 is 1.35 bits per heavy atom. The fourth-order valence-electron chi connectivity index (χ4n) is 2.51. The zero-order valence-corrected chi connectivity index (χ0v) is 16.2. The number of carbonyl (C=O) groups is 1. The number of aromatic nitrogens is 2. The number of rotatable bonds is 5. The lowest BCUT2D eigenvalue weighted by Crippen LogP contribution is -2.22. The molecule has 26 heavy (non-hydrogen) atoms. The van der Waals surface area contributed by atoms with Gasteiger partial charge in [0.1, 0.15) is 19.1 Å². The molecule has 1 N–H and O–H groups in total. The maximum atomic E-state index is 13.4. The summed E-state index contributed by atoms with van der Waals surface area (Å²) in [6.07, 6.45) is 0.665. The van der Waals surface area contributed by atoms with E-state index in [4.69, 9.17) is 39.5 Å². The zero-order chi connectivity index (χ0) is 18.9. The molecule has 1 aromatic heterocycles. The van der Waals surface area contributed by atoms with Gasteiger partial charge in [-0.25, -0.2) is 9.48 Å². The Labute approximate surface area is 165 Å². The average Bonchev–Trinajstić information content (AvgIpc) is 3.28. The maximum absolute atomic E-state index is 13.4. The van der Waals surface area contributed by atoms with Crippen molar-refractivity contribution in [3.05, 3.63) is 41.6 Å². The predicted octanol–water partition coefficient (Wildman–Crippen LogP) is 5.10. The van der Waals surface area contributed by atoms with Gasteiger partial charge in [0, 0.05) is 11.5 Å². The highest BCUT2D eigenvalue weighted by Crippen LogP contribution is 2.48. The third-order valence-corrected chi connectivity index (χ3v) is 4.56. The molecule has 5 nitrogen and oxygen atoms in total.